The Hall–Kier alpha value is -1.86. The van der Waals surface area contributed by atoms with Crippen LogP contribution in [0.1, 0.15) is 18.7 Å². The lowest BCUT2D eigenvalue weighted by atomic mass is 10.2. The molecule has 19 heavy (non-hydrogen) atoms. The Labute approximate surface area is 112 Å². The molecule has 0 saturated heterocycles. The van der Waals surface area contributed by atoms with Crippen LogP contribution >= 0.6 is 0 Å². The van der Waals surface area contributed by atoms with Crippen LogP contribution in [0.4, 0.5) is 5.69 Å². The topological polar surface area (TPSA) is 86.9 Å². The highest BCUT2D eigenvalue weighted by Crippen LogP contribution is 2.19. The van der Waals surface area contributed by atoms with Crippen LogP contribution in [-0.4, -0.2) is 25.7 Å². The van der Waals surface area contributed by atoms with E-state index in [0.717, 1.165) is 11.4 Å². The maximum atomic E-state index is 11.6. The van der Waals surface area contributed by atoms with Crippen molar-refractivity contribution in [2.45, 2.75) is 17.9 Å². The second kappa shape index (κ2) is 5.41. The molecule has 0 bridgehead atoms. The number of hydrogen-bond acceptors (Lipinski definition) is 4. The molecule has 0 aliphatic heterocycles. The van der Waals surface area contributed by atoms with Crippen molar-refractivity contribution >= 4 is 15.7 Å². The molecule has 102 valence electrons. The minimum Gasteiger partial charge on any atom is -0.377 e. The fraction of sp³-hybridized carbons (Fsp3) is 0.250. The van der Waals surface area contributed by atoms with E-state index in [4.69, 9.17) is 0 Å². The molecule has 0 saturated carbocycles. The fourth-order valence-electron chi connectivity index (χ4n) is 1.68. The van der Waals surface area contributed by atoms with Crippen molar-refractivity contribution in [3.63, 3.8) is 0 Å². The summed E-state index contributed by atoms with van der Waals surface area (Å²) in [6.45, 7) is 1.99. The van der Waals surface area contributed by atoms with Gasteiger partial charge >= 0.3 is 0 Å². The maximum Gasteiger partial charge on any atom is 0.240 e. The van der Waals surface area contributed by atoms with Gasteiger partial charge in [-0.15, -0.1) is 0 Å². The Morgan fingerprint density at radius 1 is 1.21 bits per heavy atom. The van der Waals surface area contributed by atoms with Gasteiger partial charge in [-0.25, -0.2) is 13.1 Å². The summed E-state index contributed by atoms with van der Waals surface area (Å²) in [5.74, 6) is 0. The van der Waals surface area contributed by atoms with E-state index >= 15 is 0 Å². The monoisotopic (exact) mass is 280 g/mol. The molecule has 2 aromatic rings. The van der Waals surface area contributed by atoms with Gasteiger partial charge in [0.05, 0.1) is 16.6 Å². The highest BCUT2D eigenvalue weighted by molar-refractivity contribution is 7.89. The molecule has 0 amide bonds. The number of nitrogens with zero attached hydrogens (tertiary/aromatic N) is 1. The number of hydrogen-bond donors (Lipinski definition) is 3. The normalized spacial score (nSPS) is 13.2. The Balaban J connectivity index is 2.11. The minimum atomic E-state index is -3.38. The number of benzene rings is 1. The van der Waals surface area contributed by atoms with Gasteiger partial charge in [-0.2, -0.15) is 5.10 Å². The summed E-state index contributed by atoms with van der Waals surface area (Å²) in [6, 6.07) is 8.54. The zero-order valence-electron chi connectivity index (χ0n) is 10.7. The van der Waals surface area contributed by atoms with E-state index in [1.54, 1.807) is 30.5 Å². The number of sulfonamides is 1. The number of H-pyrrole nitrogens is 1. The van der Waals surface area contributed by atoms with Gasteiger partial charge < -0.3 is 5.32 Å². The second-order valence-electron chi connectivity index (χ2n) is 4.11. The summed E-state index contributed by atoms with van der Waals surface area (Å²) in [5.41, 5.74) is 1.81. The largest absolute Gasteiger partial charge is 0.377 e. The summed E-state index contributed by atoms with van der Waals surface area (Å²) >= 11 is 0. The molecule has 1 aromatic heterocycles. The third-order valence-corrected chi connectivity index (χ3v) is 4.24. The number of aromatic amines is 1. The van der Waals surface area contributed by atoms with Crippen LogP contribution in [-0.2, 0) is 10.0 Å². The van der Waals surface area contributed by atoms with Crippen LogP contribution in [0.25, 0.3) is 0 Å². The standard InChI is InChI=1S/C12H16N4O2S/c1-9(12-7-8-14-16-12)15-10-3-5-11(6-4-10)19(17,18)13-2/h3-9,13,15H,1-2H3,(H,14,16). The zero-order chi connectivity index (χ0) is 13.9. The molecule has 0 aliphatic rings. The zero-order valence-corrected chi connectivity index (χ0v) is 11.5. The lowest BCUT2D eigenvalue weighted by molar-refractivity contribution is 0.588. The molecule has 0 fully saturated rings. The first-order valence-electron chi connectivity index (χ1n) is 5.82. The average Bonchev–Trinajstić information content (AvgIpc) is 2.93. The van der Waals surface area contributed by atoms with Crippen molar-refractivity contribution in [3.8, 4) is 0 Å². The summed E-state index contributed by atoms with van der Waals surface area (Å²) in [7, 11) is -1.99. The van der Waals surface area contributed by atoms with Gasteiger partial charge in [-0.05, 0) is 44.3 Å². The van der Waals surface area contributed by atoms with E-state index in [-0.39, 0.29) is 10.9 Å². The molecule has 7 heteroatoms. The van der Waals surface area contributed by atoms with E-state index in [1.807, 2.05) is 13.0 Å². The summed E-state index contributed by atoms with van der Waals surface area (Å²) in [4.78, 5) is 0.245. The van der Waals surface area contributed by atoms with Gasteiger partial charge in [0.15, 0.2) is 0 Å². The summed E-state index contributed by atoms with van der Waals surface area (Å²) < 4.78 is 25.4. The molecule has 1 aromatic carbocycles. The van der Waals surface area contributed by atoms with Gasteiger partial charge in [-0.1, -0.05) is 0 Å². The Bertz CT molecular complexity index is 620. The SMILES string of the molecule is CNS(=O)(=O)c1ccc(NC(C)c2ccn[nH]2)cc1. The highest BCUT2D eigenvalue weighted by atomic mass is 32.2. The first-order valence-corrected chi connectivity index (χ1v) is 7.30. The number of anilines is 1. The van der Waals surface area contributed by atoms with Crippen molar-refractivity contribution in [1.82, 2.24) is 14.9 Å². The average molecular weight is 280 g/mol. The Morgan fingerprint density at radius 3 is 2.42 bits per heavy atom. The van der Waals surface area contributed by atoms with E-state index in [2.05, 4.69) is 20.2 Å². The van der Waals surface area contributed by atoms with Crippen LogP contribution in [0, 0.1) is 0 Å². The molecule has 1 atom stereocenters. The predicted molar refractivity (Wildman–Crippen MR) is 73.3 cm³/mol. The first-order chi connectivity index (χ1) is 9.03. The second-order valence-corrected chi connectivity index (χ2v) is 6.00. The van der Waals surface area contributed by atoms with Gasteiger partial charge in [0.2, 0.25) is 10.0 Å². The van der Waals surface area contributed by atoms with Crippen molar-refractivity contribution in [3.05, 3.63) is 42.2 Å². The lowest BCUT2D eigenvalue weighted by Gasteiger charge is -2.13. The molecule has 1 heterocycles. The molecule has 2 rings (SSSR count). The van der Waals surface area contributed by atoms with Gasteiger partial charge in [-0.3, -0.25) is 5.10 Å². The Morgan fingerprint density at radius 2 is 1.89 bits per heavy atom. The molecular formula is C12H16N4O2S. The maximum absolute atomic E-state index is 11.6. The van der Waals surface area contributed by atoms with Gasteiger partial charge in [0.25, 0.3) is 0 Å². The van der Waals surface area contributed by atoms with Crippen molar-refractivity contribution in [2.75, 3.05) is 12.4 Å². The number of nitrogens with one attached hydrogen (secondary N) is 3. The van der Waals surface area contributed by atoms with Gasteiger partial charge in [0, 0.05) is 11.9 Å². The molecule has 6 nitrogen and oxygen atoms in total. The number of rotatable bonds is 5. The smallest absolute Gasteiger partial charge is 0.240 e. The quantitative estimate of drug-likeness (QED) is 0.774. The molecule has 0 aliphatic carbocycles. The van der Waals surface area contributed by atoms with Crippen molar-refractivity contribution in [1.29, 1.82) is 0 Å². The lowest BCUT2D eigenvalue weighted by Crippen LogP contribution is -2.18. The Kier molecular flexibility index (Phi) is 3.87. The predicted octanol–water partition coefficient (Wildman–Crippen LogP) is 1.49. The molecule has 1 unspecified atom stereocenters. The summed E-state index contributed by atoms with van der Waals surface area (Å²) in [5, 5.41) is 10.0. The van der Waals surface area contributed by atoms with E-state index < -0.39 is 10.0 Å². The first kappa shape index (κ1) is 13.6. The van der Waals surface area contributed by atoms with Crippen molar-refractivity contribution < 1.29 is 8.42 Å². The van der Waals surface area contributed by atoms with Gasteiger partial charge in [0.1, 0.15) is 0 Å². The highest BCUT2D eigenvalue weighted by Gasteiger charge is 2.11. The van der Waals surface area contributed by atoms with Crippen LogP contribution < -0.4 is 10.0 Å². The van der Waals surface area contributed by atoms with Crippen molar-refractivity contribution in [2.24, 2.45) is 0 Å². The minimum absolute atomic E-state index is 0.0641. The molecular weight excluding hydrogens is 264 g/mol. The molecule has 0 radical (unpaired) electrons. The van der Waals surface area contributed by atoms with Crippen LogP contribution in [0.15, 0.2) is 41.4 Å². The fourth-order valence-corrected chi connectivity index (χ4v) is 2.41. The number of aromatic nitrogens is 2. The molecule has 3 N–H and O–H groups in total. The molecule has 0 spiro atoms. The summed E-state index contributed by atoms with van der Waals surface area (Å²) in [6.07, 6.45) is 1.69. The van der Waals surface area contributed by atoms with E-state index in [1.165, 1.54) is 7.05 Å². The van der Waals surface area contributed by atoms with Crippen LogP contribution in [0.2, 0.25) is 0 Å². The van der Waals surface area contributed by atoms with E-state index in [0.29, 0.717) is 0 Å². The third kappa shape index (κ3) is 3.12. The van der Waals surface area contributed by atoms with Crippen LogP contribution in [0.3, 0.4) is 0 Å². The van der Waals surface area contributed by atoms with Crippen LogP contribution in [0.5, 0.6) is 0 Å². The third-order valence-electron chi connectivity index (χ3n) is 2.81. The van der Waals surface area contributed by atoms with E-state index in [9.17, 15) is 8.42 Å².